The van der Waals surface area contributed by atoms with Gasteiger partial charge < -0.3 is 15.1 Å². The summed E-state index contributed by atoms with van der Waals surface area (Å²) in [6.07, 6.45) is 2.08. The van der Waals surface area contributed by atoms with E-state index in [-0.39, 0.29) is 5.82 Å². The van der Waals surface area contributed by atoms with Gasteiger partial charge in [-0.1, -0.05) is 19.1 Å². The standard InChI is InChI=1S/C17H28FN3/c1-4-19-16(12-14-7-5-8-15(18)11-14)17-13-20(2)9-6-10-21(17)3/h5,7-8,11,16-17,19H,4,6,9-10,12-13H2,1-3H3. The van der Waals surface area contributed by atoms with Gasteiger partial charge in [-0.05, 0) is 64.3 Å². The summed E-state index contributed by atoms with van der Waals surface area (Å²) in [4.78, 5) is 4.86. The maximum atomic E-state index is 13.4. The lowest BCUT2D eigenvalue weighted by atomic mass is 9.98. The van der Waals surface area contributed by atoms with Gasteiger partial charge in [0.05, 0.1) is 0 Å². The van der Waals surface area contributed by atoms with E-state index in [0.29, 0.717) is 12.1 Å². The molecule has 1 N–H and O–H groups in total. The average Bonchev–Trinajstić information content (AvgIpc) is 2.60. The molecule has 21 heavy (non-hydrogen) atoms. The van der Waals surface area contributed by atoms with Crippen LogP contribution >= 0.6 is 0 Å². The highest BCUT2D eigenvalue weighted by Gasteiger charge is 2.28. The fourth-order valence-corrected chi connectivity index (χ4v) is 3.26. The molecule has 0 aromatic heterocycles. The third-order valence-corrected chi connectivity index (χ3v) is 4.39. The largest absolute Gasteiger partial charge is 0.312 e. The monoisotopic (exact) mass is 293 g/mol. The SMILES string of the molecule is CCNC(Cc1cccc(F)c1)C1CN(C)CCCN1C. The lowest BCUT2D eigenvalue weighted by Gasteiger charge is -2.35. The highest BCUT2D eigenvalue weighted by molar-refractivity contribution is 5.18. The minimum atomic E-state index is -0.144. The van der Waals surface area contributed by atoms with E-state index in [9.17, 15) is 4.39 Å². The molecule has 0 bridgehead atoms. The first-order valence-corrected chi connectivity index (χ1v) is 7.96. The van der Waals surface area contributed by atoms with Gasteiger partial charge in [-0.25, -0.2) is 4.39 Å². The van der Waals surface area contributed by atoms with E-state index >= 15 is 0 Å². The summed E-state index contributed by atoms with van der Waals surface area (Å²) in [6.45, 7) is 6.41. The van der Waals surface area contributed by atoms with Crippen LogP contribution < -0.4 is 5.32 Å². The molecule has 0 spiro atoms. The maximum absolute atomic E-state index is 13.4. The summed E-state index contributed by atoms with van der Waals surface area (Å²) in [6, 6.07) is 7.80. The molecular weight excluding hydrogens is 265 g/mol. The molecule has 2 atom stereocenters. The maximum Gasteiger partial charge on any atom is 0.123 e. The van der Waals surface area contributed by atoms with Gasteiger partial charge in [0.15, 0.2) is 0 Å². The Labute approximate surface area is 128 Å². The van der Waals surface area contributed by atoms with Crippen molar-refractivity contribution < 1.29 is 4.39 Å². The quantitative estimate of drug-likeness (QED) is 0.895. The Morgan fingerprint density at radius 2 is 2.14 bits per heavy atom. The van der Waals surface area contributed by atoms with Crippen molar-refractivity contribution in [3.05, 3.63) is 35.6 Å². The third-order valence-electron chi connectivity index (χ3n) is 4.39. The normalized spacial score (nSPS) is 23.0. The summed E-state index contributed by atoms with van der Waals surface area (Å²) >= 11 is 0. The Balaban J connectivity index is 2.12. The molecule has 1 aromatic carbocycles. The minimum absolute atomic E-state index is 0.144. The molecule has 1 aliphatic heterocycles. The predicted molar refractivity (Wildman–Crippen MR) is 86.1 cm³/mol. The van der Waals surface area contributed by atoms with Crippen molar-refractivity contribution in [3.63, 3.8) is 0 Å². The summed E-state index contributed by atoms with van der Waals surface area (Å²) in [5.41, 5.74) is 1.07. The van der Waals surface area contributed by atoms with Crippen LogP contribution in [0.1, 0.15) is 18.9 Å². The van der Waals surface area contributed by atoms with Crippen molar-refractivity contribution in [2.45, 2.75) is 31.8 Å². The predicted octanol–water partition coefficient (Wildman–Crippen LogP) is 1.98. The molecule has 118 valence electrons. The Morgan fingerprint density at radius 1 is 1.33 bits per heavy atom. The van der Waals surface area contributed by atoms with Crippen molar-refractivity contribution in [1.82, 2.24) is 15.1 Å². The zero-order chi connectivity index (χ0) is 15.2. The molecule has 1 fully saturated rings. The van der Waals surface area contributed by atoms with E-state index in [1.54, 1.807) is 12.1 Å². The summed E-state index contributed by atoms with van der Waals surface area (Å²) in [7, 11) is 4.40. The third kappa shape index (κ3) is 4.77. The van der Waals surface area contributed by atoms with Crippen LogP contribution in [0, 0.1) is 5.82 Å². The molecule has 4 heteroatoms. The van der Waals surface area contributed by atoms with Crippen molar-refractivity contribution in [1.29, 1.82) is 0 Å². The van der Waals surface area contributed by atoms with Crippen LogP contribution in [-0.4, -0.2) is 62.2 Å². The number of halogens is 1. The smallest absolute Gasteiger partial charge is 0.123 e. The first-order valence-electron chi connectivity index (χ1n) is 7.96. The number of hydrogen-bond acceptors (Lipinski definition) is 3. The van der Waals surface area contributed by atoms with E-state index < -0.39 is 0 Å². The molecule has 0 aliphatic carbocycles. The van der Waals surface area contributed by atoms with Crippen LogP contribution in [0.3, 0.4) is 0 Å². The fraction of sp³-hybridized carbons (Fsp3) is 0.647. The lowest BCUT2D eigenvalue weighted by molar-refractivity contribution is 0.178. The van der Waals surface area contributed by atoms with Crippen LogP contribution in [-0.2, 0) is 6.42 Å². The summed E-state index contributed by atoms with van der Waals surface area (Å²) in [5, 5.41) is 3.61. The second kappa shape index (κ2) is 7.87. The number of rotatable bonds is 5. The molecule has 1 heterocycles. The first kappa shape index (κ1) is 16.4. The number of nitrogens with one attached hydrogen (secondary N) is 1. The van der Waals surface area contributed by atoms with Gasteiger partial charge in [0.2, 0.25) is 0 Å². The average molecular weight is 293 g/mol. The summed E-state index contributed by atoms with van der Waals surface area (Å²) < 4.78 is 13.4. The van der Waals surface area contributed by atoms with Gasteiger partial charge in [-0.15, -0.1) is 0 Å². The molecule has 3 nitrogen and oxygen atoms in total. The van der Waals surface area contributed by atoms with Gasteiger partial charge in [-0.2, -0.15) is 0 Å². The van der Waals surface area contributed by atoms with E-state index in [1.165, 1.54) is 12.5 Å². The Kier molecular flexibility index (Phi) is 6.15. The molecule has 0 radical (unpaired) electrons. The van der Waals surface area contributed by atoms with Gasteiger partial charge in [0, 0.05) is 18.6 Å². The highest BCUT2D eigenvalue weighted by atomic mass is 19.1. The van der Waals surface area contributed by atoms with Crippen molar-refractivity contribution in [2.75, 3.05) is 40.3 Å². The Morgan fingerprint density at radius 3 is 2.86 bits per heavy atom. The second-order valence-corrected chi connectivity index (χ2v) is 6.16. The first-order chi connectivity index (χ1) is 10.1. The van der Waals surface area contributed by atoms with Gasteiger partial charge >= 0.3 is 0 Å². The molecule has 0 saturated carbocycles. The van der Waals surface area contributed by atoms with Crippen molar-refractivity contribution in [3.8, 4) is 0 Å². The Hall–Kier alpha value is -0.970. The van der Waals surface area contributed by atoms with E-state index in [4.69, 9.17) is 0 Å². The highest BCUT2D eigenvalue weighted by Crippen LogP contribution is 2.15. The van der Waals surface area contributed by atoms with E-state index in [1.807, 2.05) is 6.07 Å². The molecule has 2 rings (SSSR count). The number of nitrogens with zero attached hydrogens (tertiary/aromatic N) is 2. The van der Waals surface area contributed by atoms with Crippen molar-refractivity contribution >= 4 is 0 Å². The van der Waals surface area contributed by atoms with Crippen LogP contribution in [0.5, 0.6) is 0 Å². The molecule has 1 aliphatic rings. The van der Waals surface area contributed by atoms with Gasteiger partial charge in [0.1, 0.15) is 5.82 Å². The van der Waals surface area contributed by atoms with Crippen LogP contribution in [0.4, 0.5) is 4.39 Å². The minimum Gasteiger partial charge on any atom is -0.312 e. The van der Waals surface area contributed by atoms with Crippen LogP contribution in [0.2, 0.25) is 0 Å². The topological polar surface area (TPSA) is 18.5 Å². The summed E-state index contributed by atoms with van der Waals surface area (Å²) in [5.74, 6) is -0.144. The van der Waals surface area contributed by atoms with E-state index in [0.717, 1.165) is 38.2 Å². The number of benzene rings is 1. The molecule has 0 amide bonds. The molecule has 1 saturated heterocycles. The lowest BCUT2D eigenvalue weighted by Crippen LogP contribution is -2.53. The molecule has 1 aromatic rings. The molecule has 2 unspecified atom stereocenters. The van der Waals surface area contributed by atoms with Gasteiger partial charge in [-0.3, -0.25) is 0 Å². The zero-order valence-corrected chi connectivity index (χ0v) is 13.5. The van der Waals surface area contributed by atoms with Crippen molar-refractivity contribution in [2.24, 2.45) is 0 Å². The van der Waals surface area contributed by atoms with E-state index in [2.05, 4.69) is 36.1 Å². The number of likely N-dealkylation sites (N-methyl/N-ethyl adjacent to an activating group) is 3. The Bertz CT molecular complexity index is 438. The van der Waals surface area contributed by atoms with Crippen LogP contribution in [0.25, 0.3) is 0 Å². The second-order valence-electron chi connectivity index (χ2n) is 6.16. The molecular formula is C17H28FN3. The van der Waals surface area contributed by atoms with Crippen LogP contribution in [0.15, 0.2) is 24.3 Å². The zero-order valence-electron chi connectivity index (χ0n) is 13.5. The fourth-order valence-electron chi connectivity index (χ4n) is 3.26. The van der Waals surface area contributed by atoms with Gasteiger partial charge in [0.25, 0.3) is 0 Å². The number of hydrogen-bond donors (Lipinski definition) is 1.